The Morgan fingerprint density at radius 3 is 1.54 bits per heavy atom. The molecule has 0 aliphatic heterocycles. The number of esters is 1. The summed E-state index contributed by atoms with van der Waals surface area (Å²) in [5.74, 6) is -0.793. The Bertz CT molecular complexity index is 2610. The van der Waals surface area contributed by atoms with Gasteiger partial charge in [0.1, 0.15) is 5.75 Å². The zero-order valence-electron chi connectivity index (χ0n) is 26.8. The molecule has 6 aromatic carbocycles. The summed E-state index contributed by atoms with van der Waals surface area (Å²) in [6, 6.07) is 38.5. The van der Waals surface area contributed by atoms with Gasteiger partial charge >= 0.3 is 17.2 Å². The molecule has 1 N–H and O–H groups in total. The third kappa shape index (κ3) is 5.13. The van der Waals surface area contributed by atoms with Gasteiger partial charge in [0.25, 0.3) is 0 Å². The number of rotatable bonds is 6. The Hall–Kier alpha value is -6.73. The summed E-state index contributed by atoms with van der Waals surface area (Å²) < 4.78 is 17.3. The maximum atomic E-state index is 13.2. The Labute approximate surface area is 284 Å². The monoisotopic (exact) mass is 656 g/mol. The number of ether oxygens (including phenoxy) is 1. The van der Waals surface area contributed by atoms with Crippen molar-refractivity contribution in [3.8, 4) is 28.0 Å². The molecule has 242 valence electrons. The number of fused-ring (bicyclic) bond motifs is 6. The van der Waals surface area contributed by atoms with Crippen LogP contribution in [0, 0.1) is 0 Å². The van der Waals surface area contributed by atoms with Gasteiger partial charge in [-0.2, -0.15) is 0 Å². The Balaban J connectivity index is 1.61. The number of benzene rings is 6. The van der Waals surface area contributed by atoms with E-state index in [4.69, 9.17) is 13.6 Å². The molecule has 2 aromatic heterocycles. The van der Waals surface area contributed by atoms with Crippen molar-refractivity contribution < 1.29 is 23.5 Å². The van der Waals surface area contributed by atoms with Crippen LogP contribution >= 0.6 is 0 Å². The second kappa shape index (κ2) is 12.4. The van der Waals surface area contributed by atoms with E-state index in [1.807, 2.05) is 115 Å². The van der Waals surface area contributed by atoms with Crippen LogP contribution in [0.4, 0.5) is 0 Å². The molecule has 0 atom stereocenters. The Morgan fingerprint density at radius 1 is 0.640 bits per heavy atom. The number of aromatic hydroxyl groups is 1. The highest BCUT2D eigenvalue weighted by molar-refractivity contribution is 6.27. The van der Waals surface area contributed by atoms with Gasteiger partial charge in [-0.15, -0.1) is 0 Å². The fraction of sp³-hybridized carbons (Fsp3) is 0.0465. The summed E-state index contributed by atoms with van der Waals surface area (Å²) in [4.78, 5) is 39.7. The Morgan fingerprint density at radius 2 is 1.08 bits per heavy atom. The second-order valence-corrected chi connectivity index (χ2v) is 11.8. The van der Waals surface area contributed by atoms with E-state index in [0.717, 1.165) is 11.1 Å². The lowest BCUT2D eigenvalue weighted by molar-refractivity contribution is -0.137. The predicted molar refractivity (Wildman–Crippen MR) is 196 cm³/mol. The first-order chi connectivity index (χ1) is 24.4. The Kier molecular flexibility index (Phi) is 7.57. The zero-order valence-corrected chi connectivity index (χ0v) is 26.8. The fourth-order valence-electron chi connectivity index (χ4n) is 6.83. The maximum absolute atomic E-state index is 13.2. The quantitative estimate of drug-likeness (QED) is 0.0625. The van der Waals surface area contributed by atoms with Gasteiger partial charge in [0, 0.05) is 29.0 Å². The molecule has 0 saturated carbocycles. The predicted octanol–water partition coefficient (Wildman–Crippen LogP) is 9.24. The smallest absolute Gasteiger partial charge is 0.336 e. The third-order valence-electron chi connectivity index (χ3n) is 8.91. The van der Waals surface area contributed by atoms with Crippen molar-refractivity contribution in [2.24, 2.45) is 0 Å². The van der Waals surface area contributed by atoms with Gasteiger partial charge in [0.15, 0.2) is 11.2 Å². The number of carbonyl (C=O) groups excluding carboxylic acids is 1. The van der Waals surface area contributed by atoms with Gasteiger partial charge in [-0.25, -0.2) is 14.4 Å². The molecule has 0 bridgehead atoms. The van der Waals surface area contributed by atoms with E-state index >= 15 is 0 Å². The first-order valence-electron chi connectivity index (χ1n) is 16.1. The van der Waals surface area contributed by atoms with E-state index in [1.54, 1.807) is 6.92 Å². The average Bonchev–Trinajstić information content (AvgIpc) is 3.14. The van der Waals surface area contributed by atoms with Crippen LogP contribution in [-0.2, 0) is 9.53 Å². The SMILES string of the molecule is CCOC(=O)C=C(c1ccccc1)c1c2ccc3c(-c4ccccc4)cc(=O)oc3c2c(O)c2c1ccc1c(-c3ccccc3)cc(=O)oc12. The largest absolute Gasteiger partial charge is 0.506 e. The summed E-state index contributed by atoms with van der Waals surface area (Å²) in [5, 5.41) is 15.1. The first kappa shape index (κ1) is 30.6. The molecule has 50 heavy (non-hydrogen) atoms. The minimum Gasteiger partial charge on any atom is -0.506 e. The van der Waals surface area contributed by atoms with E-state index in [2.05, 4.69) is 0 Å². The highest BCUT2D eigenvalue weighted by Gasteiger charge is 2.25. The highest BCUT2D eigenvalue weighted by Crippen LogP contribution is 2.48. The molecule has 0 spiro atoms. The first-order valence-corrected chi connectivity index (χ1v) is 16.1. The summed E-state index contributed by atoms with van der Waals surface area (Å²) in [6.07, 6.45) is 1.42. The zero-order chi connectivity index (χ0) is 34.4. The molecular weight excluding hydrogens is 628 g/mol. The highest BCUT2D eigenvalue weighted by atomic mass is 16.5. The average molecular weight is 657 g/mol. The lowest BCUT2D eigenvalue weighted by atomic mass is 9.85. The number of hydrogen-bond acceptors (Lipinski definition) is 7. The molecule has 0 unspecified atom stereocenters. The third-order valence-corrected chi connectivity index (χ3v) is 8.91. The molecule has 0 radical (unpaired) electrons. The van der Waals surface area contributed by atoms with Crippen molar-refractivity contribution in [3.63, 3.8) is 0 Å². The second-order valence-electron chi connectivity index (χ2n) is 11.8. The lowest BCUT2D eigenvalue weighted by Gasteiger charge is -2.19. The molecule has 7 nitrogen and oxygen atoms in total. The molecule has 2 heterocycles. The molecule has 0 aliphatic rings. The number of phenolic OH excluding ortho intramolecular Hbond substituents is 1. The molecule has 0 aliphatic carbocycles. The van der Waals surface area contributed by atoms with Gasteiger partial charge in [-0.3, -0.25) is 0 Å². The van der Waals surface area contributed by atoms with Crippen LogP contribution in [0.5, 0.6) is 5.75 Å². The minimum absolute atomic E-state index is 0.150. The number of phenols is 1. The van der Waals surface area contributed by atoms with Crippen LogP contribution in [0.15, 0.2) is 152 Å². The normalized spacial score (nSPS) is 11.8. The van der Waals surface area contributed by atoms with Crippen LogP contribution in [-0.4, -0.2) is 17.7 Å². The molecule has 7 heteroatoms. The van der Waals surface area contributed by atoms with E-state index in [0.29, 0.717) is 49.4 Å². The van der Waals surface area contributed by atoms with Crippen molar-refractivity contribution >= 4 is 55.0 Å². The van der Waals surface area contributed by atoms with E-state index in [1.165, 1.54) is 18.2 Å². The summed E-state index contributed by atoms with van der Waals surface area (Å²) in [6.45, 7) is 1.90. The number of hydrogen-bond donors (Lipinski definition) is 1. The van der Waals surface area contributed by atoms with Crippen molar-refractivity contribution in [2.45, 2.75) is 6.92 Å². The van der Waals surface area contributed by atoms with Gasteiger partial charge in [0.05, 0.1) is 17.4 Å². The summed E-state index contributed by atoms with van der Waals surface area (Å²) in [5.41, 5.74) is 3.68. The van der Waals surface area contributed by atoms with E-state index < -0.39 is 17.2 Å². The van der Waals surface area contributed by atoms with Crippen LogP contribution in [0.25, 0.3) is 71.3 Å². The molecule has 8 aromatic rings. The summed E-state index contributed by atoms with van der Waals surface area (Å²) >= 11 is 0. The van der Waals surface area contributed by atoms with Crippen molar-refractivity contribution in [3.05, 3.63) is 165 Å². The van der Waals surface area contributed by atoms with E-state index in [9.17, 15) is 19.5 Å². The number of carbonyl (C=O) groups is 1. The van der Waals surface area contributed by atoms with Crippen molar-refractivity contribution in [2.75, 3.05) is 6.61 Å². The summed E-state index contributed by atoms with van der Waals surface area (Å²) in [7, 11) is 0. The van der Waals surface area contributed by atoms with Crippen LogP contribution in [0.3, 0.4) is 0 Å². The van der Waals surface area contributed by atoms with Gasteiger partial charge in [0.2, 0.25) is 0 Å². The molecular formula is C43H28O7. The maximum Gasteiger partial charge on any atom is 0.336 e. The van der Waals surface area contributed by atoms with Crippen LogP contribution < -0.4 is 11.3 Å². The topological polar surface area (TPSA) is 107 Å². The van der Waals surface area contributed by atoms with Gasteiger partial charge < -0.3 is 18.7 Å². The molecule has 8 rings (SSSR count). The van der Waals surface area contributed by atoms with Crippen molar-refractivity contribution in [1.29, 1.82) is 0 Å². The van der Waals surface area contributed by atoms with Crippen LogP contribution in [0.2, 0.25) is 0 Å². The fourth-order valence-corrected chi connectivity index (χ4v) is 6.83. The molecule has 0 amide bonds. The lowest BCUT2D eigenvalue weighted by Crippen LogP contribution is -2.04. The van der Waals surface area contributed by atoms with Crippen LogP contribution in [0.1, 0.15) is 18.1 Å². The molecule has 0 fully saturated rings. The van der Waals surface area contributed by atoms with Gasteiger partial charge in [-0.05, 0) is 68.8 Å². The molecule has 0 saturated heterocycles. The van der Waals surface area contributed by atoms with Gasteiger partial charge in [-0.1, -0.05) is 103 Å². The van der Waals surface area contributed by atoms with E-state index in [-0.39, 0.29) is 34.3 Å². The standard InChI is InChI=1S/C43H28O7/c1-2-48-35(44)24-34(27-16-10-5-11-17-27)38-30-20-18-28-32(25-12-6-3-7-13-25)22-36(45)49-42(28)39(30)41(47)40-31(38)21-19-29-33(23-37(46)50-43(29)40)26-14-8-4-9-15-26/h3-24,47H,2H2,1H3. The van der Waals surface area contributed by atoms with Crippen molar-refractivity contribution in [1.82, 2.24) is 0 Å². The minimum atomic E-state index is -0.605.